The van der Waals surface area contributed by atoms with Crippen molar-refractivity contribution in [2.45, 2.75) is 91.4 Å². The van der Waals surface area contributed by atoms with Crippen molar-refractivity contribution >= 4 is 24.7 Å². The largest absolute Gasteiger partial charge is 0.465 e. The molecule has 2 aliphatic carbocycles. The van der Waals surface area contributed by atoms with E-state index in [1.165, 1.54) is 15.9 Å². The summed E-state index contributed by atoms with van der Waals surface area (Å²) in [6, 6.07) is 21.1. The molecule has 4 rings (SSSR count). The van der Waals surface area contributed by atoms with E-state index in [2.05, 4.69) is 76.2 Å². The monoisotopic (exact) mass is 564 g/mol. The Balaban J connectivity index is 1.82. The summed E-state index contributed by atoms with van der Waals surface area (Å²) >= 11 is 0. The van der Waals surface area contributed by atoms with Crippen LogP contribution in [0.3, 0.4) is 0 Å². The average Bonchev–Trinajstić information content (AvgIpc) is 2.92. The van der Waals surface area contributed by atoms with Crippen molar-refractivity contribution < 1.29 is 24.2 Å². The van der Waals surface area contributed by atoms with E-state index in [1.54, 1.807) is 0 Å². The predicted molar refractivity (Wildman–Crippen MR) is 163 cm³/mol. The minimum atomic E-state index is -2.85. The lowest BCUT2D eigenvalue weighted by molar-refractivity contribution is -0.161. The fourth-order valence-corrected chi connectivity index (χ4v) is 11.5. The number of aliphatic hydroxyl groups is 2. The Morgan fingerprint density at radius 3 is 1.93 bits per heavy atom. The molecule has 4 atom stereocenters. The Kier molecular flexibility index (Phi) is 8.87. The van der Waals surface area contributed by atoms with Crippen LogP contribution in [0.15, 0.2) is 71.8 Å². The Morgan fingerprint density at radius 1 is 0.900 bits per heavy atom. The van der Waals surface area contributed by atoms with Crippen molar-refractivity contribution in [3.63, 3.8) is 0 Å². The Labute approximate surface area is 241 Å². The van der Waals surface area contributed by atoms with Crippen molar-refractivity contribution in [1.29, 1.82) is 0 Å². The van der Waals surface area contributed by atoms with Crippen LogP contribution in [0.4, 0.5) is 0 Å². The molecule has 0 radical (unpaired) electrons. The molecule has 0 amide bonds. The van der Waals surface area contributed by atoms with Gasteiger partial charge in [0.15, 0.2) is 0 Å². The number of hydrogen-bond donors (Lipinski definition) is 2. The highest BCUT2D eigenvalue weighted by atomic mass is 28.4. The SMILES string of the molecule is CC(C)(C)C(=O)OC[C@H]1[C@H](O)[C@H](O)C2=C(CCCC2)[C@@]1(C)CO[Si](c1ccccc1)(c1ccccc1)C(C)(C)C. The first-order chi connectivity index (χ1) is 18.7. The zero-order valence-corrected chi connectivity index (χ0v) is 26.4. The molecule has 0 aliphatic heterocycles. The van der Waals surface area contributed by atoms with Gasteiger partial charge in [-0.05, 0) is 67.4 Å². The molecule has 2 aromatic rings. The maximum atomic E-state index is 12.8. The zero-order chi connectivity index (χ0) is 29.3. The number of hydrogen-bond acceptors (Lipinski definition) is 5. The van der Waals surface area contributed by atoms with Crippen molar-refractivity contribution in [2.75, 3.05) is 13.2 Å². The summed E-state index contributed by atoms with van der Waals surface area (Å²) in [5, 5.41) is 25.0. The predicted octanol–water partition coefficient (Wildman–Crippen LogP) is 5.38. The average molecular weight is 565 g/mol. The van der Waals surface area contributed by atoms with Crippen LogP contribution >= 0.6 is 0 Å². The van der Waals surface area contributed by atoms with Crippen LogP contribution in [0.1, 0.15) is 74.1 Å². The zero-order valence-electron chi connectivity index (χ0n) is 25.4. The fraction of sp³-hybridized carbons (Fsp3) is 0.559. The Hall–Kier alpha value is -2.25. The smallest absolute Gasteiger partial charge is 0.311 e. The van der Waals surface area contributed by atoms with Gasteiger partial charge in [-0.3, -0.25) is 4.79 Å². The van der Waals surface area contributed by atoms with E-state index in [1.807, 2.05) is 32.9 Å². The lowest BCUT2D eigenvalue weighted by Crippen LogP contribution is -2.68. The third-order valence-electron chi connectivity index (χ3n) is 9.12. The first-order valence-electron chi connectivity index (χ1n) is 14.7. The lowest BCUT2D eigenvalue weighted by Gasteiger charge is -2.52. The number of rotatable bonds is 7. The number of carbonyl (C=O) groups is 1. The number of carbonyl (C=O) groups excluding carboxylic acids is 1. The van der Waals surface area contributed by atoms with E-state index in [0.717, 1.165) is 31.3 Å². The second-order valence-electron chi connectivity index (χ2n) is 14.0. The van der Waals surface area contributed by atoms with Gasteiger partial charge in [0.05, 0.1) is 18.1 Å². The second kappa shape index (κ2) is 11.6. The molecule has 0 aromatic heterocycles. The summed E-state index contributed by atoms with van der Waals surface area (Å²) in [7, 11) is -2.85. The van der Waals surface area contributed by atoms with E-state index in [0.29, 0.717) is 6.61 Å². The van der Waals surface area contributed by atoms with Gasteiger partial charge in [-0.25, -0.2) is 0 Å². The normalized spacial score (nSPS) is 25.9. The molecule has 2 aromatic carbocycles. The molecule has 0 saturated carbocycles. The van der Waals surface area contributed by atoms with E-state index >= 15 is 0 Å². The molecule has 40 heavy (non-hydrogen) atoms. The summed E-state index contributed by atoms with van der Waals surface area (Å²) in [5.74, 6) is -0.809. The number of benzene rings is 2. The molecule has 0 bridgehead atoms. The summed E-state index contributed by atoms with van der Waals surface area (Å²) < 4.78 is 13.2. The highest BCUT2D eigenvalue weighted by Gasteiger charge is 2.55. The number of ether oxygens (including phenoxy) is 1. The summed E-state index contributed by atoms with van der Waals surface area (Å²) in [6.45, 7) is 14.8. The molecule has 0 unspecified atom stereocenters. The molecule has 0 fully saturated rings. The molecular formula is C34H48O5Si. The molecule has 218 valence electrons. The lowest BCUT2D eigenvalue weighted by atomic mass is 9.59. The number of esters is 1. The van der Waals surface area contributed by atoms with Gasteiger partial charge in [0.2, 0.25) is 0 Å². The van der Waals surface area contributed by atoms with Crippen LogP contribution < -0.4 is 10.4 Å². The minimum Gasteiger partial charge on any atom is -0.465 e. The van der Waals surface area contributed by atoms with Crippen molar-refractivity contribution in [3.8, 4) is 0 Å². The summed E-state index contributed by atoms with van der Waals surface area (Å²) in [4.78, 5) is 12.8. The van der Waals surface area contributed by atoms with Gasteiger partial charge in [0, 0.05) is 17.9 Å². The van der Waals surface area contributed by atoms with Crippen molar-refractivity contribution in [3.05, 3.63) is 71.8 Å². The molecule has 0 heterocycles. The van der Waals surface area contributed by atoms with E-state index in [-0.39, 0.29) is 17.6 Å². The first kappa shape index (κ1) is 30.7. The van der Waals surface area contributed by atoms with Gasteiger partial charge in [-0.1, -0.05) is 93.9 Å². The highest BCUT2D eigenvalue weighted by molar-refractivity contribution is 6.99. The molecule has 6 heteroatoms. The van der Waals surface area contributed by atoms with Gasteiger partial charge < -0.3 is 19.4 Å². The Bertz CT molecular complexity index is 1150. The van der Waals surface area contributed by atoms with E-state index < -0.39 is 37.3 Å². The molecule has 2 N–H and O–H groups in total. The Morgan fingerprint density at radius 2 is 1.43 bits per heavy atom. The molecular weight excluding hydrogens is 516 g/mol. The van der Waals surface area contributed by atoms with E-state index in [9.17, 15) is 15.0 Å². The van der Waals surface area contributed by atoms with Crippen LogP contribution in [-0.2, 0) is 14.0 Å². The van der Waals surface area contributed by atoms with Gasteiger partial charge in [0.1, 0.15) is 6.10 Å². The van der Waals surface area contributed by atoms with Crippen molar-refractivity contribution in [1.82, 2.24) is 0 Å². The third-order valence-corrected chi connectivity index (χ3v) is 14.1. The van der Waals surface area contributed by atoms with Crippen LogP contribution in [-0.4, -0.2) is 49.9 Å². The van der Waals surface area contributed by atoms with E-state index in [4.69, 9.17) is 9.16 Å². The van der Waals surface area contributed by atoms with Crippen molar-refractivity contribution in [2.24, 2.45) is 16.7 Å². The van der Waals surface area contributed by atoms with Gasteiger partial charge >= 0.3 is 5.97 Å². The van der Waals surface area contributed by atoms with Gasteiger partial charge in [0.25, 0.3) is 8.32 Å². The van der Waals surface area contributed by atoms with Gasteiger partial charge in [-0.15, -0.1) is 0 Å². The minimum absolute atomic E-state index is 0.0334. The fourth-order valence-electron chi connectivity index (χ4n) is 6.81. The summed E-state index contributed by atoms with van der Waals surface area (Å²) in [6.07, 6.45) is 1.66. The van der Waals surface area contributed by atoms with Crippen LogP contribution in [0.2, 0.25) is 5.04 Å². The second-order valence-corrected chi connectivity index (χ2v) is 18.3. The van der Waals surface area contributed by atoms with Crippen LogP contribution in [0.25, 0.3) is 0 Å². The molecule has 5 nitrogen and oxygen atoms in total. The maximum absolute atomic E-state index is 12.8. The summed E-state index contributed by atoms with van der Waals surface area (Å²) in [5.41, 5.74) is 0.853. The highest BCUT2D eigenvalue weighted by Crippen LogP contribution is 2.51. The topological polar surface area (TPSA) is 76.0 Å². The number of aliphatic hydroxyl groups excluding tert-OH is 2. The maximum Gasteiger partial charge on any atom is 0.311 e. The molecule has 0 spiro atoms. The molecule has 2 aliphatic rings. The third kappa shape index (κ3) is 5.61. The van der Waals surface area contributed by atoms with Crippen LogP contribution in [0.5, 0.6) is 0 Å². The van der Waals surface area contributed by atoms with Crippen LogP contribution in [0, 0.1) is 16.7 Å². The first-order valence-corrected chi connectivity index (χ1v) is 16.6. The standard InChI is InChI=1S/C34H48O5Si/c1-32(2,3)31(37)38-22-28-30(36)29(35)26-20-14-15-21-27(26)34(28,7)23-39-40(33(4,5)6,24-16-10-8-11-17-24)25-18-12-9-13-19-25/h8-13,16-19,28-30,35-36H,14-15,20-23H2,1-7H3/t28-,29+,30-,34+/m0/s1. The quantitative estimate of drug-likeness (QED) is 0.268. The molecule has 0 saturated heterocycles. The van der Waals surface area contributed by atoms with Gasteiger partial charge in [-0.2, -0.15) is 0 Å².